The fourth-order valence-electron chi connectivity index (χ4n) is 4.80. The van der Waals surface area contributed by atoms with Crippen LogP contribution in [0.4, 0.5) is 0 Å². The minimum Gasteiger partial charge on any atom is -0.497 e. The summed E-state index contributed by atoms with van der Waals surface area (Å²) in [6.45, 7) is 4.35. The first-order valence-electron chi connectivity index (χ1n) is 10.3. The van der Waals surface area contributed by atoms with Crippen LogP contribution >= 0.6 is 0 Å². The lowest BCUT2D eigenvalue weighted by molar-refractivity contribution is -0.945. The molecule has 0 radical (unpaired) electrons. The van der Waals surface area contributed by atoms with Gasteiger partial charge in [0.25, 0.3) is 0 Å². The Hall–Kier alpha value is -2.79. The van der Waals surface area contributed by atoms with E-state index in [1.807, 2.05) is 19.1 Å². The summed E-state index contributed by atoms with van der Waals surface area (Å²) in [5.74, 6) is 1.76. The molecule has 2 aromatic carbocycles. The number of fused-ring (bicyclic) bond motifs is 4. The molecule has 1 aliphatic heterocycles. The molecule has 1 N–H and O–H groups in total. The van der Waals surface area contributed by atoms with E-state index in [9.17, 15) is 4.79 Å². The molecule has 150 valence electrons. The highest BCUT2D eigenvalue weighted by Crippen LogP contribution is 2.36. The van der Waals surface area contributed by atoms with Gasteiger partial charge in [-0.2, -0.15) is 0 Å². The van der Waals surface area contributed by atoms with Gasteiger partial charge in [-0.05, 0) is 56.4 Å². The van der Waals surface area contributed by atoms with Gasteiger partial charge in [0.1, 0.15) is 30.2 Å². The van der Waals surface area contributed by atoms with Crippen molar-refractivity contribution in [3.63, 3.8) is 0 Å². The van der Waals surface area contributed by atoms with Crippen molar-refractivity contribution in [3.05, 3.63) is 68.6 Å². The minimum atomic E-state index is -0.170. The molecule has 29 heavy (non-hydrogen) atoms. The second-order valence-corrected chi connectivity index (χ2v) is 8.16. The number of hydrogen-bond donors (Lipinski definition) is 1. The third-order valence-electron chi connectivity index (χ3n) is 6.22. The van der Waals surface area contributed by atoms with Crippen LogP contribution in [0, 0.1) is 6.92 Å². The van der Waals surface area contributed by atoms with Crippen molar-refractivity contribution in [1.29, 1.82) is 0 Å². The van der Waals surface area contributed by atoms with Gasteiger partial charge in [0.2, 0.25) is 6.73 Å². The van der Waals surface area contributed by atoms with E-state index in [0.29, 0.717) is 12.3 Å². The van der Waals surface area contributed by atoms with E-state index in [1.54, 1.807) is 7.11 Å². The maximum atomic E-state index is 12.5. The predicted molar refractivity (Wildman–Crippen MR) is 111 cm³/mol. The fraction of sp³-hybridized carbons (Fsp3) is 0.375. The topological polar surface area (TPSA) is 53.1 Å². The predicted octanol–water partition coefficient (Wildman–Crippen LogP) is 2.92. The summed E-state index contributed by atoms with van der Waals surface area (Å²) in [5.41, 5.74) is 5.96. The molecule has 2 aliphatic rings. The van der Waals surface area contributed by atoms with Gasteiger partial charge in [-0.1, -0.05) is 12.1 Å². The Labute approximate surface area is 169 Å². The van der Waals surface area contributed by atoms with Gasteiger partial charge >= 0.3 is 5.63 Å². The summed E-state index contributed by atoms with van der Waals surface area (Å²) in [7, 11) is 1.69. The summed E-state index contributed by atoms with van der Waals surface area (Å²) in [4.78, 5) is 13.8. The van der Waals surface area contributed by atoms with E-state index in [2.05, 4.69) is 18.2 Å². The van der Waals surface area contributed by atoms with E-state index < -0.39 is 0 Å². The van der Waals surface area contributed by atoms with E-state index in [0.717, 1.165) is 66.8 Å². The minimum absolute atomic E-state index is 0.170. The third-order valence-corrected chi connectivity index (χ3v) is 6.22. The van der Waals surface area contributed by atoms with Crippen molar-refractivity contribution in [2.75, 3.05) is 13.8 Å². The number of aryl methyl sites for hydroxylation is 2. The quantitative estimate of drug-likeness (QED) is 0.697. The lowest BCUT2D eigenvalue weighted by Crippen LogP contribution is -3.10. The Morgan fingerprint density at radius 1 is 1.14 bits per heavy atom. The zero-order chi connectivity index (χ0) is 20.0. The first-order chi connectivity index (χ1) is 14.1. The molecule has 1 unspecified atom stereocenters. The molecule has 5 rings (SSSR count). The molecule has 2 heterocycles. The van der Waals surface area contributed by atoms with Gasteiger partial charge in [-0.15, -0.1) is 0 Å². The molecule has 0 saturated carbocycles. The lowest BCUT2D eigenvalue weighted by Gasteiger charge is -2.28. The van der Waals surface area contributed by atoms with Crippen molar-refractivity contribution >= 4 is 11.0 Å². The highest BCUT2D eigenvalue weighted by molar-refractivity contribution is 5.87. The molecule has 0 fully saturated rings. The Balaban J connectivity index is 1.52. The highest BCUT2D eigenvalue weighted by Gasteiger charge is 2.27. The normalized spacial score (nSPS) is 18.1. The summed E-state index contributed by atoms with van der Waals surface area (Å²) in [6, 6.07) is 10.4. The number of methoxy groups -OCH3 is 1. The Morgan fingerprint density at radius 3 is 2.79 bits per heavy atom. The van der Waals surface area contributed by atoms with Gasteiger partial charge in [0.15, 0.2) is 0 Å². The van der Waals surface area contributed by atoms with Crippen LogP contribution in [0.15, 0.2) is 39.5 Å². The molecule has 0 amide bonds. The Morgan fingerprint density at radius 2 is 1.97 bits per heavy atom. The average molecular weight is 392 g/mol. The van der Waals surface area contributed by atoms with Crippen LogP contribution in [-0.4, -0.2) is 13.8 Å². The van der Waals surface area contributed by atoms with Crippen LogP contribution in [0.2, 0.25) is 0 Å². The van der Waals surface area contributed by atoms with Gasteiger partial charge < -0.3 is 13.9 Å². The fourth-order valence-corrected chi connectivity index (χ4v) is 4.80. The zero-order valence-electron chi connectivity index (χ0n) is 17.0. The molecular formula is C24H26NO4+. The standard InChI is InChI=1S/C24H25NO4/c1-15-22-17(11-21-19-8-3-4-9-20(19)24(26)29-23(15)21)13-25(14-28-22)12-16-6-5-7-18(10-16)27-2/h5-7,10-11H,3-4,8-9,12-14H2,1-2H3/p+1. The van der Waals surface area contributed by atoms with Crippen LogP contribution in [0.3, 0.4) is 0 Å². The molecule has 0 spiro atoms. The maximum absolute atomic E-state index is 12.5. The first-order valence-corrected chi connectivity index (χ1v) is 10.3. The van der Waals surface area contributed by atoms with E-state index in [1.165, 1.54) is 21.6 Å². The Kier molecular flexibility index (Phi) is 4.55. The number of nitrogens with one attached hydrogen (secondary N) is 1. The van der Waals surface area contributed by atoms with Crippen LogP contribution < -0.4 is 20.0 Å². The van der Waals surface area contributed by atoms with Gasteiger partial charge in [-0.25, -0.2) is 4.79 Å². The molecule has 0 saturated heterocycles. The highest BCUT2D eigenvalue weighted by atomic mass is 16.5. The maximum Gasteiger partial charge on any atom is 0.339 e. The monoisotopic (exact) mass is 392 g/mol. The number of rotatable bonds is 3. The third kappa shape index (κ3) is 3.19. The van der Waals surface area contributed by atoms with E-state index in [4.69, 9.17) is 13.9 Å². The summed E-state index contributed by atoms with van der Waals surface area (Å²) in [6.07, 6.45) is 3.98. The number of benzene rings is 2. The average Bonchev–Trinajstić information content (AvgIpc) is 2.75. The second-order valence-electron chi connectivity index (χ2n) is 8.16. The van der Waals surface area contributed by atoms with Gasteiger partial charge in [0.05, 0.1) is 7.11 Å². The van der Waals surface area contributed by atoms with Gasteiger partial charge in [-0.3, -0.25) is 4.90 Å². The number of quaternary nitrogens is 1. The SMILES string of the molecule is COc1cccc(C[NH+]2COc3c(cc4c5c(c(=O)oc4c3C)CCCC5)C2)c1. The van der Waals surface area contributed by atoms with Crippen LogP contribution in [0.5, 0.6) is 11.5 Å². The molecule has 5 nitrogen and oxygen atoms in total. The zero-order valence-corrected chi connectivity index (χ0v) is 17.0. The van der Waals surface area contributed by atoms with Crippen molar-refractivity contribution in [1.82, 2.24) is 0 Å². The van der Waals surface area contributed by atoms with Crippen molar-refractivity contribution in [2.45, 2.75) is 45.7 Å². The Bertz CT molecular complexity index is 1150. The van der Waals surface area contributed by atoms with Crippen LogP contribution in [0.25, 0.3) is 11.0 Å². The molecular weight excluding hydrogens is 366 g/mol. The van der Waals surface area contributed by atoms with Crippen LogP contribution in [-0.2, 0) is 25.9 Å². The molecule has 5 heteroatoms. The van der Waals surface area contributed by atoms with Crippen molar-refractivity contribution < 1.29 is 18.8 Å². The van der Waals surface area contributed by atoms with Gasteiger partial charge in [0, 0.05) is 27.6 Å². The smallest absolute Gasteiger partial charge is 0.339 e. The second kappa shape index (κ2) is 7.23. The summed E-state index contributed by atoms with van der Waals surface area (Å²) < 4.78 is 17.3. The summed E-state index contributed by atoms with van der Waals surface area (Å²) >= 11 is 0. The molecule has 3 aromatic rings. The molecule has 1 atom stereocenters. The largest absolute Gasteiger partial charge is 0.497 e. The van der Waals surface area contributed by atoms with E-state index >= 15 is 0 Å². The molecule has 1 aromatic heterocycles. The number of hydrogen-bond acceptors (Lipinski definition) is 4. The molecule has 1 aliphatic carbocycles. The van der Waals surface area contributed by atoms with E-state index in [-0.39, 0.29) is 5.63 Å². The van der Waals surface area contributed by atoms with Crippen LogP contribution in [0.1, 0.15) is 40.7 Å². The number of ether oxygens (including phenoxy) is 2. The van der Waals surface area contributed by atoms with Crippen molar-refractivity contribution in [2.24, 2.45) is 0 Å². The first kappa shape index (κ1) is 18.3. The summed E-state index contributed by atoms with van der Waals surface area (Å²) in [5, 5.41) is 1.10. The van der Waals surface area contributed by atoms with Crippen molar-refractivity contribution in [3.8, 4) is 11.5 Å². The molecule has 0 bridgehead atoms. The lowest BCUT2D eigenvalue weighted by atomic mass is 9.89.